The molecule has 0 aliphatic heterocycles. The molecule has 0 N–H and O–H groups in total. The highest BCUT2D eigenvalue weighted by atomic mass is 19.1. The van der Waals surface area contributed by atoms with E-state index in [4.69, 9.17) is 9.84 Å². The third-order valence-corrected chi connectivity index (χ3v) is 6.13. The third-order valence-electron chi connectivity index (χ3n) is 6.13. The highest BCUT2D eigenvalue weighted by molar-refractivity contribution is 6.09. The zero-order valence-corrected chi connectivity index (χ0v) is 17.2. The Hall–Kier alpha value is -3.66. The van der Waals surface area contributed by atoms with E-state index < -0.39 is 0 Å². The molecule has 1 saturated carbocycles. The predicted molar refractivity (Wildman–Crippen MR) is 122 cm³/mol. The van der Waals surface area contributed by atoms with Gasteiger partial charge in [0.15, 0.2) is 0 Å². The molecule has 0 unspecified atom stereocenters. The summed E-state index contributed by atoms with van der Waals surface area (Å²) in [5, 5.41) is 6.94. The molecule has 6 rings (SSSR count). The molecule has 1 aliphatic rings. The first-order chi connectivity index (χ1) is 15.2. The lowest BCUT2D eigenvalue weighted by atomic mass is 9.93. The van der Waals surface area contributed by atoms with Crippen molar-refractivity contribution in [2.45, 2.75) is 18.8 Å². The molecule has 0 spiro atoms. The summed E-state index contributed by atoms with van der Waals surface area (Å²) in [5.41, 5.74) is 6.14. The van der Waals surface area contributed by atoms with Crippen molar-refractivity contribution in [3.05, 3.63) is 90.4 Å². The van der Waals surface area contributed by atoms with Gasteiger partial charge in [-0.3, -0.25) is 0 Å². The Labute approximate surface area is 179 Å². The minimum absolute atomic E-state index is 0.243. The van der Waals surface area contributed by atoms with Crippen LogP contribution in [0.3, 0.4) is 0 Å². The smallest absolute Gasteiger partial charge is 0.123 e. The van der Waals surface area contributed by atoms with Gasteiger partial charge < -0.3 is 4.74 Å². The number of halogens is 1. The summed E-state index contributed by atoms with van der Waals surface area (Å²) >= 11 is 0. The zero-order chi connectivity index (χ0) is 20.9. The van der Waals surface area contributed by atoms with E-state index >= 15 is 0 Å². The minimum Gasteiger partial charge on any atom is -0.497 e. The highest BCUT2D eigenvalue weighted by Gasteiger charge is 2.28. The van der Waals surface area contributed by atoms with Gasteiger partial charge >= 0.3 is 0 Å². The monoisotopic (exact) mass is 408 g/mol. The molecule has 0 amide bonds. The summed E-state index contributed by atoms with van der Waals surface area (Å²) in [6.07, 6.45) is 2.37. The Morgan fingerprint density at radius 1 is 0.871 bits per heavy atom. The first-order valence-corrected chi connectivity index (χ1v) is 10.6. The van der Waals surface area contributed by atoms with E-state index in [2.05, 4.69) is 22.7 Å². The topological polar surface area (TPSA) is 26.5 Å². The second-order valence-electron chi connectivity index (χ2n) is 8.15. The maximum absolute atomic E-state index is 14.5. The van der Waals surface area contributed by atoms with E-state index in [1.54, 1.807) is 13.2 Å². The summed E-state index contributed by atoms with van der Waals surface area (Å²) in [6, 6.07) is 25.4. The molecular weight excluding hydrogens is 387 g/mol. The molecular formula is C27H21FN2O. The summed E-state index contributed by atoms with van der Waals surface area (Å²) in [5.74, 6) is 1.08. The highest BCUT2D eigenvalue weighted by Crippen LogP contribution is 2.44. The van der Waals surface area contributed by atoms with Crippen molar-refractivity contribution in [1.29, 1.82) is 0 Å². The van der Waals surface area contributed by atoms with Crippen LogP contribution in [0.4, 0.5) is 4.39 Å². The Kier molecular flexibility index (Phi) is 4.06. The van der Waals surface area contributed by atoms with Gasteiger partial charge in [-0.2, -0.15) is 5.10 Å². The SMILES string of the molecule is COc1ccc(-c2c(-c3ccccc3)n3nc(C4CC4)cc3c3ccc(F)cc23)cc1. The largest absolute Gasteiger partial charge is 0.497 e. The van der Waals surface area contributed by atoms with Crippen LogP contribution in [0.5, 0.6) is 5.75 Å². The summed E-state index contributed by atoms with van der Waals surface area (Å²) in [7, 11) is 1.66. The van der Waals surface area contributed by atoms with Crippen molar-refractivity contribution in [3.63, 3.8) is 0 Å². The van der Waals surface area contributed by atoms with Crippen LogP contribution >= 0.6 is 0 Å². The summed E-state index contributed by atoms with van der Waals surface area (Å²) in [4.78, 5) is 0. The van der Waals surface area contributed by atoms with E-state index in [1.165, 1.54) is 18.9 Å². The van der Waals surface area contributed by atoms with Gasteiger partial charge in [0.25, 0.3) is 0 Å². The first kappa shape index (κ1) is 18.1. The van der Waals surface area contributed by atoms with Crippen LogP contribution in [0, 0.1) is 5.82 Å². The van der Waals surface area contributed by atoms with E-state index in [0.717, 1.165) is 50.1 Å². The maximum atomic E-state index is 14.5. The maximum Gasteiger partial charge on any atom is 0.123 e. The van der Waals surface area contributed by atoms with Gasteiger partial charge in [0.2, 0.25) is 0 Å². The number of ether oxygens (including phenoxy) is 1. The second-order valence-corrected chi connectivity index (χ2v) is 8.15. The van der Waals surface area contributed by atoms with Crippen LogP contribution in [0.25, 0.3) is 38.7 Å². The van der Waals surface area contributed by atoms with Crippen LogP contribution in [0.15, 0.2) is 78.9 Å². The van der Waals surface area contributed by atoms with E-state index in [0.29, 0.717) is 5.92 Å². The number of fused-ring (bicyclic) bond motifs is 3. The van der Waals surface area contributed by atoms with Crippen molar-refractivity contribution < 1.29 is 9.13 Å². The molecule has 0 saturated heterocycles. The molecule has 4 heteroatoms. The number of hydrogen-bond donors (Lipinski definition) is 0. The van der Waals surface area contributed by atoms with E-state index in [1.807, 2.05) is 48.5 Å². The fourth-order valence-electron chi connectivity index (χ4n) is 4.43. The van der Waals surface area contributed by atoms with Gasteiger partial charge in [-0.25, -0.2) is 8.91 Å². The lowest BCUT2D eigenvalue weighted by molar-refractivity contribution is 0.415. The molecule has 5 aromatic rings. The molecule has 31 heavy (non-hydrogen) atoms. The lowest BCUT2D eigenvalue weighted by Crippen LogP contribution is -2.00. The second kappa shape index (κ2) is 6.95. The van der Waals surface area contributed by atoms with Crippen LogP contribution < -0.4 is 4.74 Å². The van der Waals surface area contributed by atoms with Gasteiger partial charge in [0.1, 0.15) is 11.6 Å². The van der Waals surface area contributed by atoms with Crippen molar-refractivity contribution in [1.82, 2.24) is 9.61 Å². The summed E-state index contributed by atoms with van der Waals surface area (Å²) < 4.78 is 21.9. The van der Waals surface area contributed by atoms with E-state index in [-0.39, 0.29) is 5.82 Å². The molecule has 152 valence electrons. The fourth-order valence-corrected chi connectivity index (χ4v) is 4.43. The molecule has 3 aromatic carbocycles. The number of rotatable bonds is 4. The average molecular weight is 408 g/mol. The standard InChI is InChI=1S/C27H21FN2O/c1-31-21-12-9-18(10-13-21)26-23-15-20(28)11-14-22(23)25-16-24(17-7-8-17)29-30(25)27(26)19-5-3-2-4-6-19/h2-6,9-17H,7-8H2,1H3. The Morgan fingerprint density at radius 2 is 1.65 bits per heavy atom. The normalized spacial score (nSPS) is 13.7. The molecule has 1 aliphatic carbocycles. The number of benzene rings is 3. The molecule has 2 aromatic heterocycles. The molecule has 3 nitrogen and oxygen atoms in total. The van der Waals surface area contributed by atoms with Crippen molar-refractivity contribution in [2.75, 3.05) is 7.11 Å². The number of hydrogen-bond acceptors (Lipinski definition) is 2. The van der Waals surface area contributed by atoms with Gasteiger partial charge in [-0.05, 0) is 60.2 Å². The lowest BCUT2D eigenvalue weighted by Gasteiger charge is -2.17. The quantitative estimate of drug-likeness (QED) is 0.325. The Balaban J connectivity index is 1.78. The number of methoxy groups -OCH3 is 1. The fraction of sp³-hybridized carbons (Fsp3) is 0.148. The third kappa shape index (κ3) is 2.98. The number of nitrogens with zero attached hydrogens (tertiary/aromatic N) is 2. The number of pyridine rings is 1. The Bertz CT molecular complexity index is 1420. The molecule has 0 atom stereocenters. The van der Waals surface area contributed by atoms with Crippen LogP contribution in [0.1, 0.15) is 24.5 Å². The van der Waals surface area contributed by atoms with Crippen LogP contribution in [0.2, 0.25) is 0 Å². The van der Waals surface area contributed by atoms with Gasteiger partial charge in [-0.15, -0.1) is 0 Å². The predicted octanol–water partition coefficient (Wildman–Crippen LogP) is 6.85. The van der Waals surface area contributed by atoms with Crippen LogP contribution in [-0.4, -0.2) is 16.7 Å². The number of aromatic nitrogens is 2. The van der Waals surface area contributed by atoms with Gasteiger partial charge in [0, 0.05) is 22.4 Å². The summed E-state index contributed by atoms with van der Waals surface area (Å²) in [6.45, 7) is 0. The van der Waals surface area contributed by atoms with Crippen molar-refractivity contribution in [2.24, 2.45) is 0 Å². The van der Waals surface area contributed by atoms with Crippen molar-refractivity contribution >= 4 is 16.3 Å². The average Bonchev–Trinajstić information content (AvgIpc) is 3.57. The van der Waals surface area contributed by atoms with Gasteiger partial charge in [0.05, 0.1) is 24.0 Å². The zero-order valence-electron chi connectivity index (χ0n) is 17.2. The molecule has 2 heterocycles. The molecule has 0 radical (unpaired) electrons. The molecule has 0 bridgehead atoms. The van der Waals surface area contributed by atoms with E-state index in [9.17, 15) is 4.39 Å². The van der Waals surface area contributed by atoms with Gasteiger partial charge in [-0.1, -0.05) is 42.5 Å². The van der Waals surface area contributed by atoms with Crippen molar-refractivity contribution in [3.8, 4) is 28.1 Å². The molecule has 1 fully saturated rings. The van der Waals surface area contributed by atoms with Crippen LogP contribution in [-0.2, 0) is 0 Å². The minimum atomic E-state index is -0.243. The Morgan fingerprint density at radius 3 is 2.35 bits per heavy atom. The first-order valence-electron chi connectivity index (χ1n) is 10.6.